The number of hydrogen-bond acceptors (Lipinski definition) is 3. The Morgan fingerprint density at radius 1 is 1.50 bits per heavy atom. The molecule has 0 bridgehead atoms. The van der Waals surface area contributed by atoms with E-state index in [1.807, 2.05) is 0 Å². The van der Waals surface area contributed by atoms with Crippen molar-refractivity contribution >= 4 is 6.29 Å². The molecule has 0 spiro atoms. The largest absolute Gasteiger partial charge is 0.303 e. The quantitative estimate of drug-likeness (QED) is 0.457. The summed E-state index contributed by atoms with van der Waals surface area (Å²) in [7, 11) is 0. The molecule has 1 aliphatic heterocycles. The third-order valence-corrected chi connectivity index (χ3v) is 1.24. The minimum atomic E-state index is 0.243. The Balaban J connectivity index is 2.14. The van der Waals surface area contributed by atoms with Crippen LogP contribution in [0.3, 0.4) is 0 Å². The smallest absolute Gasteiger partial charge is 0.122 e. The van der Waals surface area contributed by atoms with Crippen LogP contribution in [0.5, 0.6) is 0 Å². The minimum absolute atomic E-state index is 0.243. The van der Waals surface area contributed by atoms with E-state index in [2.05, 4.69) is 10.6 Å². The van der Waals surface area contributed by atoms with Gasteiger partial charge in [-0.15, -0.1) is 0 Å². The van der Waals surface area contributed by atoms with Crippen LogP contribution in [0.2, 0.25) is 0 Å². The third-order valence-electron chi connectivity index (χ3n) is 1.24. The van der Waals surface area contributed by atoms with E-state index < -0.39 is 0 Å². The topological polar surface area (TPSA) is 41.1 Å². The summed E-state index contributed by atoms with van der Waals surface area (Å²) in [6.45, 7) is 1.97. The molecule has 0 aliphatic carbocycles. The standard InChI is InChI=1S/C5H10N2O/c8-4-1-5-6-2-3-7-5/h4-7H,1-3H2. The van der Waals surface area contributed by atoms with Crippen LogP contribution in [-0.4, -0.2) is 25.5 Å². The number of carbonyl (C=O) groups is 1. The maximum absolute atomic E-state index is 9.88. The summed E-state index contributed by atoms with van der Waals surface area (Å²) < 4.78 is 0. The van der Waals surface area contributed by atoms with Crippen molar-refractivity contribution in [2.75, 3.05) is 13.1 Å². The van der Waals surface area contributed by atoms with E-state index in [-0.39, 0.29) is 6.17 Å². The molecule has 0 saturated carbocycles. The summed E-state index contributed by atoms with van der Waals surface area (Å²) in [5, 5.41) is 6.23. The van der Waals surface area contributed by atoms with Crippen LogP contribution >= 0.6 is 0 Å². The van der Waals surface area contributed by atoms with Gasteiger partial charge in [-0.2, -0.15) is 0 Å². The van der Waals surface area contributed by atoms with Crippen LogP contribution in [0.25, 0.3) is 0 Å². The van der Waals surface area contributed by atoms with Crippen molar-refractivity contribution in [1.82, 2.24) is 10.6 Å². The van der Waals surface area contributed by atoms with Crippen molar-refractivity contribution in [2.24, 2.45) is 0 Å². The summed E-state index contributed by atoms with van der Waals surface area (Å²) in [5.41, 5.74) is 0. The van der Waals surface area contributed by atoms with Gasteiger partial charge in [-0.25, -0.2) is 0 Å². The molecule has 1 heterocycles. The van der Waals surface area contributed by atoms with Crippen LogP contribution in [-0.2, 0) is 4.79 Å². The lowest BCUT2D eigenvalue weighted by atomic mass is 10.4. The fourth-order valence-electron chi connectivity index (χ4n) is 0.828. The fraction of sp³-hybridized carbons (Fsp3) is 0.800. The molecule has 1 saturated heterocycles. The van der Waals surface area contributed by atoms with Crippen molar-refractivity contribution in [1.29, 1.82) is 0 Å². The first-order chi connectivity index (χ1) is 3.93. The summed E-state index contributed by atoms with van der Waals surface area (Å²) in [6.07, 6.45) is 1.75. The molecule has 0 atom stereocenters. The van der Waals surface area contributed by atoms with E-state index in [0.717, 1.165) is 19.4 Å². The van der Waals surface area contributed by atoms with Crippen molar-refractivity contribution in [2.45, 2.75) is 12.6 Å². The SMILES string of the molecule is O=CCC1NCCN1. The Labute approximate surface area is 48.5 Å². The van der Waals surface area contributed by atoms with Crippen LogP contribution in [0, 0.1) is 0 Å². The van der Waals surface area contributed by atoms with E-state index in [0.29, 0.717) is 6.42 Å². The van der Waals surface area contributed by atoms with Crippen LogP contribution in [0.4, 0.5) is 0 Å². The van der Waals surface area contributed by atoms with Crippen LogP contribution < -0.4 is 10.6 Å². The zero-order valence-corrected chi connectivity index (χ0v) is 4.68. The predicted octanol–water partition coefficient (Wildman–Crippen LogP) is -0.906. The minimum Gasteiger partial charge on any atom is -0.303 e. The summed E-state index contributed by atoms with van der Waals surface area (Å²) >= 11 is 0. The number of rotatable bonds is 2. The Hall–Kier alpha value is -0.410. The average molecular weight is 114 g/mol. The molecule has 46 valence electrons. The van der Waals surface area contributed by atoms with E-state index in [4.69, 9.17) is 0 Å². The zero-order chi connectivity index (χ0) is 5.82. The Morgan fingerprint density at radius 3 is 2.62 bits per heavy atom. The zero-order valence-electron chi connectivity index (χ0n) is 4.68. The first kappa shape index (κ1) is 5.72. The van der Waals surface area contributed by atoms with Gasteiger partial charge in [0.1, 0.15) is 6.29 Å². The number of aldehydes is 1. The predicted molar refractivity (Wildman–Crippen MR) is 30.5 cm³/mol. The second-order valence-electron chi connectivity index (χ2n) is 1.86. The van der Waals surface area contributed by atoms with Gasteiger partial charge in [-0.05, 0) is 0 Å². The highest BCUT2D eigenvalue weighted by Crippen LogP contribution is 1.87. The molecule has 0 aromatic rings. The number of nitrogens with one attached hydrogen (secondary N) is 2. The molecule has 8 heavy (non-hydrogen) atoms. The lowest BCUT2D eigenvalue weighted by Crippen LogP contribution is -2.30. The molecule has 0 unspecified atom stereocenters. The van der Waals surface area contributed by atoms with E-state index in [9.17, 15) is 4.79 Å². The second kappa shape index (κ2) is 2.79. The Morgan fingerprint density at radius 2 is 2.12 bits per heavy atom. The normalized spacial score (nSPS) is 21.5. The average Bonchev–Trinajstić information content (AvgIpc) is 2.19. The monoisotopic (exact) mass is 114 g/mol. The van der Waals surface area contributed by atoms with E-state index >= 15 is 0 Å². The van der Waals surface area contributed by atoms with Crippen molar-refractivity contribution in [3.63, 3.8) is 0 Å². The van der Waals surface area contributed by atoms with Gasteiger partial charge < -0.3 is 15.4 Å². The first-order valence-electron chi connectivity index (χ1n) is 2.84. The van der Waals surface area contributed by atoms with Gasteiger partial charge in [0.15, 0.2) is 0 Å². The van der Waals surface area contributed by atoms with Gasteiger partial charge in [-0.1, -0.05) is 0 Å². The molecule has 1 fully saturated rings. The highest BCUT2D eigenvalue weighted by molar-refractivity contribution is 5.50. The number of carbonyl (C=O) groups excluding carboxylic acids is 1. The molecular formula is C5H10N2O. The van der Waals surface area contributed by atoms with Crippen molar-refractivity contribution in [3.8, 4) is 0 Å². The molecule has 3 nitrogen and oxygen atoms in total. The molecule has 0 radical (unpaired) electrons. The first-order valence-corrected chi connectivity index (χ1v) is 2.84. The third kappa shape index (κ3) is 1.28. The highest BCUT2D eigenvalue weighted by atomic mass is 16.1. The summed E-state index contributed by atoms with van der Waals surface area (Å²) in [4.78, 5) is 9.88. The Kier molecular flexibility index (Phi) is 2.00. The lowest BCUT2D eigenvalue weighted by molar-refractivity contribution is -0.108. The van der Waals surface area contributed by atoms with E-state index in [1.54, 1.807) is 0 Å². The molecule has 2 N–H and O–H groups in total. The molecule has 1 rings (SSSR count). The van der Waals surface area contributed by atoms with Gasteiger partial charge in [-0.3, -0.25) is 0 Å². The van der Waals surface area contributed by atoms with Gasteiger partial charge in [0.2, 0.25) is 0 Å². The molecule has 0 amide bonds. The Bertz CT molecular complexity index is 78.5. The van der Waals surface area contributed by atoms with Crippen LogP contribution in [0.15, 0.2) is 0 Å². The van der Waals surface area contributed by atoms with Gasteiger partial charge in [0.25, 0.3) is 0 Å². The summed E-state index contributed by atoms with van der Waals surface area (Å²) in [5.74, 6) is 0. The highest BCUT2D eigenvalue weighted by Gasteiger charge is 2.10. The van der Waals surface area contributed by atoms with E-state index in [1.165, 1.54) is 0 Å². The van der Waals surface area contributed by atoms with Crippen molar-refractivity contribution < 1.29 is 4.79 Å². The molecule has 0 aromatic heterocycles. The summed E-state index contributed by atoms with van der Waals surface area (Å²) in [6, 6.07) is 0. The molecule has 0 aromatic carbocycles. The van der Waals surface area contributed by atoms with Gasteiger partial charge >= 0.3 is 0 Å². The van der Waals surface area contributed by atoms with Crippen molar-refractivity contribution in [3.05, 3.63) is 0 Å². The number of hydrogen-bond donors (Lipinski definition) is 2. The molecule has 3 heteroatoms. The second-order valence-corrected chi connectivity index (χ2v) is 1.86. The maximum Gasteiger partial charge on any atom is 0.122 e. The molecule has 1 aliphatic rings. The van der Waals surface area contributed by atoms with Crippen LogP contribution in [0.1, 0.15) is 6.42 Å². The van der Waals surface area contributed by atoms with Gasteiger partial charge in [0.05, 0.1) is 6.17 Å². The lowest BCUT2D eigenvalue weighted by Gasteiger charge is -2.03. The maximum atomic E-state index is 9.88. The molecular weight excluding hydrogens is 104 g/mol. The fourth-order valence-corrected chi connectivity index (χ4v) is 0.828. The van der Waals surface area contributed by atoms with Gasteiger partial charge in [0, 0.05) is 19.5 Å².